The maximum Gasteiger partial charge on any atom is 0.270 e. The molecule has 2 heterocycles. The van der Waals surface area contributed by atoms with Gasteiger partial charge in [-0.2, -0.15) is 5.10 Å². The van der Waals surface area contributed by atoms with Gasteiger partial charge in [0.2, 0.25) is 17.8 Å². The van der Waals surface area contributed by atoms with E-state index in [0.717, 1.165) is 18.4 Å². The topological polar surface area (TPSA) is 105 Å². The molecule has 232 valence electrons. The normalized spacial score (nSPS) is 21.8. The minimum absolute atomic E-state index is 0.0400. The first-order valence-corrected chi connectivity index (χ1v) is 15.3. The van der Waals surface area contributed by atoms with Crippen LogP contribution in [0.15, 0.2) is 30.5 Å². The molecular formula is C31H38F4N6O2. The SMILES string of the molecule is CC(C)n1nccc1C(=O)N[C@H](c1nc2ccc([C@H](NC(=O)CC3CC(F)(F)C3)C3CC3)cc2[nH]1)C1CCC(F)(F)CC1. The average Bonchev–Trinajstić information content (AvgIpc) is 3.47. The van der Waals surface area contributed by atoms with Crippen LogP contribution in [0, 0.1) is 17.8 Å². The lowest BCUT2D eigenvalue weighted by Gasteiger charge is -2.34. The summed E-state index contributed by atoms with van der Waals surface area (Å²) in [4.78, 5) is 34.3. The highest BCUT2D eigenvalue weighted by molar-refractivity contribution is 5.92. The van der Waals surface area contributed by atoms with Crippen LogP contribution in [0.25, 0.3) is 11.0 Å². The van der Waals surface area contributed by atoms with Crippen LogP contribution in [-0.2, 0) is 4.79 Å². The third kappa shape index (κ3) is 6.57. The van der Waals surface area contributed by atoms with Crippen LogP contribution in [0.2, 0.25) is 0 Å². The van der Waals surface area contributed by atoms with E-state index in [-0.39, 0.29) is 86.6 Å². The van der Waals surface area contributed by atoms with Crippen molar-refractivity contribution in [2.75, 3.05) is 0 Å². The molecule has 3 aliphatic carbocycles. The van der Waals surface area contributed by atoms with Gasteiger partial charge in [-0.1, -0.05) is 6.07 Å². The number of imidazole rings is 1. The van der Waals surface area contributed by atoms with E-state index in [2.05, 4.69) is 20.7 Å². The maximum absolute atomic E-state index is 14.1. The number of amides is 2. The van der Waals surface area contributed by atoms with E-state index in [1.807, 2.05) is 32.0 Å². The minimum Gasteiger partial charge on any atom is -0.349 e. The Morgan fingerprint density at radius 2 is 1.67 bits per heavy atom. The Kier molecular flexibility index (Phi) is 7.75. The van der Waals surface area contributed by atoms with Gasteiger partial charge in [0, 0.05) is 44.3 Å². The summed E-state index contributed by atoms with van der Waals surface area (Å²) in [6, 6.07) is 6.42. The number of rotatable bonds is 10. The number of aromatic nitrogens is 4. The number of halogens is 4. The van der Waals surface area contributed by atoms with E-state index in [0.29, 0.717) is 22.6 Å². The van der Waals surface area contributed by atoms with Gasteiger partial charge in [-0.25, -0.2) is 22.5 Å². The first-order valence-electron chi connectivity index (χ1n) is 15.3. The predicted molar refractivity (Wildman–Crippen MR) is 152 cm³/mol. The molecule has 43 heavy (non-hydrogen) atoms. The third-order valence-electron chi connectivity index (χ3n) is 9.15. The molecule has 12 heteroatoms. The summed E-state index contributed by atoms with van der Waals surface area (Å²) < 4.78 is 56.2. The monoisotopic (exact) mass is 602 g/mol. The van der Waals surface area contributed by atoms with Crippen LogP contribution >= 0.6 is 0 Å². The summed E-state index contributed by atoms with van der Waals surface area (Å²) in [5.41, 5.74) is 2.63. The van der Waals surface area contributed by atoms with Crippen LogP contribution in [0.4, 0.5) is 17.6 Å². The van der Waals surface area contributed by atoms with Gasteiger partial charge in [0.25, 0.3) is 5.91 Å². The molecule has 2 amide bonds. The predicted octanol–water partition coefficient (Wildman–Crippen LogP) is 6.64. The Balaban J connectivity index is 1.24. The van der Waals surface area contributed by atoms with Crippen molar-refractivity contribution >= 4 is 22.8 Å². The third-order valence-corrected chi connectivity index (χ3v) is 9.15. The zero-order valence-electron chi connectivity index (χ0n) is 24.4. The van der Waals surface area contributed by atoms with Crippen molar-refractivity contribution in [2.24, 2.45) is 17.8 Å². The summed E-state index contributed by atoms with van der Waals surface area (Å²) in [6.07, 6.45) is 3.08. The van der Waals surface area contributed by atoms with Crippen LogP contribution in [0.1, 0.15) is 112 Å². The van der Waals surface area contributed by atoms with E-state index in [1.165, 1.54) is 0 Å². The summed E-state index contributed by atoms with van der Waals surface area (Å²) in [5, 5.41) is 10.4. The first kappa shape index (κ1) is 29.6. The summed E-state index contributed by atoms with van der Waals surface area (Å²) in [6.45, 7) is 3.84. The molecule has 8 nitrogen and oxygen atoms in total. The van der Waals surface area contributed by atoms with E-state index in [4.69, 9.17) is 4.98 Å². The zero-order chi connectivity index (χ0) is 30.5. The minimum atomic E-state index is -2.72. The molecule has 0 bridgehead atoms. The van der Waals surface area contributed by atoms with Crippen molar-refractivity contribution in [3.05, 3.63) is 47.5 Å². The number of fused-ring (bicyclic) bond motifs is 1. The number of nitrogens with one attached hydrogen (secondary N) is 3. The number of hydrogen-bond donors (Lipinski definition) is 3. The molecule has 3 saturated carbocycles. The van der Waals surface area contributed by atoms with Gasteiger partial charge < -0.3 is 15.6 Å². The maximum atomic E-state index is 14.1. The molecule has 3 N–H and O–H groups in total. The first-order chi connectivity index (χ1) is 20.4. The van der Waals surface area contributed by atoms with Crippen LogP contribution < -0.4 is 10.6 Å². The average molecular weight is 603 g/mol. The molecule has 2 aromatic heterocycles. The lowest BCUT2D eigenvalue weighted by atomic mass is 9.79. The largest absolute Gasteiger partial charge is 0.349 e. The molecule has 6 rings (SSSR count). The number of carbonyl (C=O) groups is 2. The van der Waals surface area contributed by atoms with Crippen molar-refractivity contribution in [1.82, 2.24) is 30.4 Å². The molecule has 3 aromatic rings. The number of nitrogens with zero attached hydrogens (tertiary/aromatic N) is 3. The van der Waals surface area contributed by atoms with Gasteiger partial charge in [-0.05, 0) is 81.0 Å². The Hall–Kier alpha value is -3.44. The van der Waals surface area contributed by atoms with Gasteiger partial charge in [0.1, 0.15) is 11.5 Å². The zero-order valence-corrected chi connectivity index (χ0v) is 24.4. The number of benzene rings is 1. The Morgan fingerprint density at radius 1 is 0.977 bits per heavy atom. The lowest BCUT2D eigenvalue weighted by Crippen LogP contribution is -2.39. The molecule has 1 aromatic carbocycles. The fourth-order valence-corrected chi connectivity index (χ4v) is 6.64. The van der Waals surface area contributed by atoms with E-state index in [9.17, 15) is 27.2 Å². The highest BCUT2D eigenvalue weighted by Gasteiger charge is 2.46. The molecule has 2 atom stereocenters. The molecule has 0 spiro atoms. The molecule has 0 radical (unpaired) electrons. The van der Waals surface area contributed by atoms with Gasteiger partial charge >= 0.3 is 0 Å². The Labute approximate surface area is 247 Å². The highest BCUT2D eigenvalue weighted by atomic mass is 19.3. The molecule has 3 fully saturated rings. The summed E-state index contributed by atoms with van der Waals surface area (Å²) >= 11 is 0. The number of H-pyrrole nitrogens is 1. The van der Waals surface area contributed by atoms with Crippen molar-refractivity contribution in [1.29, 1.82) is 0 Å². The second-order valence-corrected chi connectivity index (χ2v) is 13.0. The van der Waals surface area contributed by atoms with Crippen molar-refractivity contribution in [3.63, 3.8) is 0 Å². The summed E-state index contributed by atoms with van der Waals surface area (Å²) in [5.74, 6) is -5.72. The second-order valence-electron chi connectivity index (χ2n) is 13.0. The van der Waals surface area contributed by atoms with E-state index >= 15 is 0 Å². The van der Waals surface area contributed by atoms with Crippen molar-refractivity contribution in [2.45, 2.75) is 102 Å². The van der Waals surface area contributed by atoms with E-state index in [1.54, 1.807) is 16.9 Å². The Bertz CT molecular complexity index is 1480. The molecular weight excluding hydrogens is 564 g/mol. The van der Waals surface area contributed by atoms with Gasteiger partial charge in [-0.15, -0.1) is 0 Å². The number of alkyl halides is 4. The second kappa shape index (κ2) is 11.2. The highest BCUT2D eigenvalue weighted by Crippen LogP contribution is 2.45. The van der Waals surface area contributed by atoms with Crippen LogP contribution in [0.3, 0.4) is 0 Å². The number of carbonyl (C=O) groups excluding carboxylic acids is 2. The van der Waals surface area contributed by atoms with Crippen LogP contribution in [-0.4, -0.2) is 43.4 Å². The molecule has 3 aliphatic rings. The quantitative estimate of drug-likeness (QED) is 0.226. The fourth-order valence-electron chi connectivity index (χ4n) is 6.64. The van der Waals surface area contributed by atoms with E-state index < -0.39 is 17.9 Å². The van der Waals surface area contributed by atoms with Crippen molar-refractivity contribution in [3.8, 4) is 0 Å². The number of hydrogen-bond acceptors (Lipinski definition) is 4. The standard InChI is InChI=1S/C31H38F4N6O2/c1-17(2)41-24(9-12-36-41)29(43)40-27(20-7-10-30(32,33)11-8-20)28-37-22-6-5-21(14-23(22)38-28)26(19-3-4-19)39-25(42)13-18-15-31(34,35)16-18/h5-6,9,12,14,17-20,26-27H,3-4,7-8,10-11,13,15-16H2,1-2H3,(H,37,38)(H,39,42)(H,40,43)/t26-,27+/m1/s1. The van der Waals surface area contributed by atoms with Gasteiger partial charge in [0.15, 0.2) is 0 Å². The lowest BCUT2D eigenvalue weighted by molar-refractivity contribution is -0.134. The number of aromatic amines is 1. The van der Waals surface area contributed by atoms with Crippen LogP contribution in [0.5, 0.6) is 0 Å². The smallest absolute Gasteiger partial charge is 0.270 e. The van der Waals surface area contributed by atoms with Gasteiger partial charge in [0.05, 0.1) is 23.1 Å². The van der Waals surface area contributed by atoms with Gasteiger partial charge in [-0.3, -0.25) is 14.3 Å². The molecule has 0 aliphatic heterocycles. The Morgan fingerprint density at radius 3 is 2.33 bits per heavy atom. The van der Waals surface area contributed by atoms with Crippen molar-refractivity contribution < 1.29 is 27.2 Å². The summed E-state index contributed by atoms with van der Waals surface area (Å²) in [7, 11) is 0. The fraction of sp³-hybridized carbons (Fsp3) is 0.613. The molecule has 0 saturated heterocycles. The molecule has 0 unspecified atom stereocenters.